The summed E-state index contributed by atoms with van der Waals surface area (Å²) in [5, 5.41) is 6.42. The lowest BCUT2D eigenvalue weighted by Gasteiger charge is -2.16. The van der Waals surface area contributed by atoms with Gasteiger partial charge in [-0.25, -0.2) is 0 Å². The van der Waals surface area contributed by atoms with Crippen molar-refractivity contribution in [2.45, 2.75) is 12.3 Å². The standard InChI is InChI=1S/C22H19BrN2OS/c23-16-9-7-15(8-10-16)12-22(26)25-14-19(21-6-3-11-27-21)18-13-24-20-5-2-1-4-17(18)20/h1-11,13,19,24H,12,14H2,(H,25,26)/t19-/m1/s1. The SMILES string of the molecule is O=C(Cc1ccc(Br)cc1)NC[C@@H](c1cccs1)c1c[nH]c2ccccc12. The van der Waals surface area contributed by atoms with E-state index < -0.39 is 0 Å². The van der Waals surface area contributed by atoms with Crippen LogP contribution in [0, 0.1) is 0 Å². The quantitative estimate of drug-likeness (QED) is 0.411. The zero-order chi connectivity index (χ0) is 18.6. The summed E-state index contributed by atoms with van der Waals surface area (Å²) < 4.78 is 1.02. The Morgan fingerprint density at radius 3 is 2.67 bits per heavy atom. The van der Waals surface area contributed by atoms with Gasteiger partial charge in [0.2, 0.25) is 5.91 Å². The van der Waals surface area contributed by atoms with Crippen LogP contribution < -0.4 is 5.32 Å². The third-order valence-corrected chi connectivity index (χ3v) is 6.18. The van der Waals surface area contributed by atoms with Crippen LogP contribution in [0.5, 0.6) is 0 Å². The maximum absolute atomic E-state index is 12.5. The summed E-state index contributed by atoms with van der Waals surface area (Å²) in [6.07, 6.45) is 2.45. The normalized spacial score (nSPS) is 12.2. The summed E-state index contributed by atoms with van der Waals surface area (Å²) in [5.41, 5.74) is 3.35. The van der Waals surface area contributed by atoms with Crippen molar-refractivity contribution < 1.29 is 4.79 Å². The van der Waals surface area contributed by atoms with Crippen LogP contribution in [0.25, 0.3) is 10.9 Å². The molecule has 2 N–H and O–H groups in total. The molecule has 1 amide bonds. The van der Waals surface area contributed by atoms with Crippen molar-refractivity contribution >= 4 is 44.1 Å². The predicted molar refractivity (Wildman–Crippen MR) is 115 cm³/mol. The third kappa shape index (κ3) is 4.15. The Hall–Kier alpha value is -2.37. The first-order valence-corrected chi connectivity index (χ1v) is 10.5. The molecule has 2 aromatic carbocycles. The number of fused-ring (bicyclic) bond motifs is 1. The topological polar surface area (TPSA) is 44.9 Å². The Labute approximate surface area is 170 Å². The fraction of sp³-hybridized carbons (Fsp3) is 0.136. The molecule has 4 rings (SSSR count). The van der Waals surface area contributed by atoms with Gasteiger partial charge >= 0.3 is 0 Å². The number of nitrogens with one attached hydrogen (secondary N) is 2. The maximum atomic E-state index is 12.5. The molecule has 4 aromatic rings. The highest BCUT2D eigenvalue weighted by atomic mass is 79.9. The summed E-state index contributed by atoms with van der Waals surface area (Å²) in [5.74, 6) is 0.175. The van der Waals surface area contributed by atoms with E-state index >= 15 is 0 Å². The second-order valence-corrected chi connectivity index (χ2v) is 8.36. The Kier molecular flexibility index (Phi) is 5.41. The average Bonchev–Trinajstić information content (AvgIpc) is 3.35. The molecule has 0 spiro atoms. The number of aromatic nitrogens is 1. The minimum atomic E-state index is 0.0405. The zero-order valence-electron chi connectivity index (χ0n) is 14.6. The molecular weight excluding hydrogens is 420 g/mol. The van der Waals surface area contributed by atoms with Crippen molar-refractivity contribution in [3.8, 4) is 0 Å². The van der Waals surface area contributed by atoms with E-state index in [9.17, 15) is 4.79 Å². The molecule has 27 heavy (non-hydrogen) atoms. The first kappa shape index (κ1) is 18.0. The van der Waals surface area contributed by atoms with Gasteiger partial charge in [0.1, 0.15) is 0 Å². The van der Waals surface area contributed by atoms with E-state index in [1.165, 1.54) is 15.8 Å². The van der Waals surface area contributed by atoms with Crippen LogP contribution in [0.1, 0.15) is 21.9 Å². The molecule has 5 heteroatoms. The fourth-order valence-electron chi connectivity index (χ4n) is 3.30. The van der Waals surface area contributed by atoms with Crippen molar-refractivity contribution in [3.63, 3.8) is 0 Å². The van der Waals surface area contributed by atoms with E-state index in [1.54, 1.807) is 11.3 Å². The van der Waals surface area contributed by atoms with Crippen LogP contribution in [0.2, 0.25) is 0 Å². The number of aromatic amines is 1. The molecule has 0 radical (unpaired) electrons. The van der Waals surface area contributed by atoms with Crippen molar-refractivity contribution in [2.75, 3.05) is 6.54 Å². The smallest absolute Gasteiger partial charge is 0.224 e. The number of amides is 1. The Balaban J connectivity index is 1.52. The Bertz CT molecular complexity index is 1040. The number of para-hydroxylation sites is 1. The molecule has 0 unspecified atom stereocenters. The Morgan fingerprint density at radius 2 is 1.89 bits per heavy atom. The summed E-state index contributed by atoms with van der Waals surface area (Å²) in [7, 11) is 0. The van der Waals surface area contributed by atoms with Gasteiger partial charge in [0.15, 0.2) is 0 Å². The van der Waals surface area contributed by atoms with Gasteiger partial charge in [-0.15, -0.1) is 11.3 Å². The molecule has 136 valence electrons. The lowest BCUT2D eigenvalue weighted by Crippen LogP contribution is -2.29. The molecule has 0 bridgehead atoms. The maximum Gasteiger partial charge on any atom is 0.224 e. The molecule has 0 aliphatic rings. The van der Waals surface area contributed by atoms with Crippen LogP contribution in [0.4, 0.5) is 0 Å². The van der Waals surface area contributed by atoms with Gasteiger partial charge in [-0.1, -0.05) is 52.3 Å². The van der Waals surface area contributed by atoms with Crippen LogP contribution in [0.3, 0.4) is 0 Å². The fourth-order valence-corrected chi connectivity index (χ4v) is 4.41. The number of carbonyl (C=O) groups excluding carboxylic acids is 1. The molecular formula is C22H19BrN2OS. The zero-order valence-corrected chi connectivity index (χ0v) is 17.0. The van der Waals surface area contributed by atoms with Gasteiger partial charge in [0, 0.05) is 38.9 Å². The predicted octanol–water partition coefficient (Wildman–Crippen LogP) is 5.48. The van der Waals surface area contributed by atoms with Crippen molar-refractivity contribution in [1.82, 2.24) is 10.3 Å². The molecule has 2 aromatic heterocycles. The van der Waals surface area contributed by atoms with E-state index in [0.29, 0.717) is 13.0 Å². The number of hydrogen-bond acceptors (Lipinski definition) is 2. The highest BCUT2D eigenvalue weighted by Crippen LogP contribution is 2.32. The molecule has 0 saturated heterocycles. The molecule has 3 nitrogen and oxygen atoms in total. The first-order valence-electron chi connectivity index (χ1n) is 8.81. The average molecular weight is 439 g/mol. The second-order valence-electron chi connectivity index (χ2n) is 6.46. The van der Waals surface area contributed by atoms with Gasteiger partial charge < -0.3 is 10.3 Å². The van der Waals surface area contributed by atoms with Gasteiger partial charge in [-0.05, 0) is 40.8 Å². The largest absolute Gasteiger partial charge is 0.361 e. The lowest BCUT2D eigenvalue weighted by molar-refractivity contribution is -0.120. The van der Waals surface area contributed by atoms with Gasteiger partial charge in [0.05, 0.1) is 6.42 Å². The highest BCUT2D eigenvalue weighted by molar-refractivity contribution is 9.10. The minimum absolute atomic E-state index is 0.0405. The number of thiophene rings is 1. The molecule has 0 aliphatic carbocycles. The van der Waals surface area contributed by atoms with Gasteiger partial charge in [0.25, 0.3) is 0 Å². The Morgan fingerprint density at radius 1 is 1.07 bits per heavy atom. The monoisotopic (exact) mass is 438 g/mol. The van der Waals surface area contributed by atoms with Crippen molar-refractivity contribution in [3.05, 3.63) is 92.7 Å². The number of halogens is 1. The van der Waals surface area contributed by atoms with Crippen molar-refractivity contribution in [2.24, 2.45) is 0 Å². The molecule has 0 fully saturated rings. The number of H-pyrrole nitrogens is 1. The van der Waals surface area contributed by atoms with Crippen molar-refractivity contribution in [1.29, 1.82) is 0 Å². The van der Waals surface area contributed by atoms with Crippen LogP contribution in [0.15, 0.2) is 76.7 Å². The highest BCUT2D eigenvalue weighted by Gasteiger charge is 2.20. The van der Waals surface area contributed by atoms with E-state index in [-0.39, 0.29) is 11.8 Å². The number of benzene rings is 2. The van der Waals surface area contributed by atoms with Crippen LogP contribution in [-0.4, -0.2) is 17.4 Å². The first-order chi connectivity index (χ1) is 13.2. The lowest BCUT2D eigenvalue weighted by atomic mass is 9.96. The molecule has 0 saturated carbocycles. The summed E-state index contributed by atoms with van der Waals surface area (Å²) >= 11 is 5.15. The van der Waals surface area contributed by atoms with E-state index in [2.05, 4.69) is 68.1 Å². The van der Waals surface area contributed by atoms with Gasteiger partial charge in [-0.3, -0.25) is 4.79 Å². The van der Waals surface area contributed by atoms with Crippen LogP contribution in [-0.2, 0) is 11.2 Å². The van der Waals surface area contributed by atoms with Crippen LogP contribution >= 0.6 is 27.3 Å². The van der Waals surface area contributed by atoms with Gasteiger partial charge in [-0.2, -0.15) is 0 Å². The third-order valence-electron chi connectivity index (χ3n) is 4.66. The summed E-state index contributed by atoms with van der Waals surface area (Å²) in [6, 6.07) is 20.4. The number of rotatable bonds is 6. The molecule has 1 atom stereocenters. The minimum Gasteiger partial charge on any atom is -0.361 e. The molecule has 0 aliphatic heterocycles. The van der Waals surface area contributed by atoms with E-state index in [1.807, 2.05) is 30.3 Å². The number of hydrogen-bond donors (Lipinski definition) is 2. The number of carbonyl (C=O) groups is 1. The van der Waals surface area contributed by atoms with E-state index in [4.69, 9.17) is 0 Å². The molecule has 2 heterocycles. The summed E-state index contributed by atoms with van der Waals surface area (Å²) in [4.78, 5) is 17.1. The van der Waals surface area contributed by atoms with E-state index in [0.717, 1.165) is 15.6 Å². The summed E-state index contributed by atoms with van der Waals surface area (Å²) in [6.45, 7) is 0.581. The second kappa shape index (κ2) is 8.11.